The van der Waals surface area contributed by atoms with Crippen molar-refractivity contribution in [3.8, 4) is 0 Å². The van der Waals surface area contributed by atoms with Crippen LogP contribution < -0.4 is 5.73 Å². The van der Waals surface area contributed by atoms with Crippen molar-refractivity contribution < 1.29 is 4.74 Å². The summed E-state index contributed by atoms with van der Waals surface area (Å²) >= 11 is 0. The average Bonchev–Trinajstić information content (AvgIpc) is 2.12. The summed E-state index contributed by atoms with van der Waals surface area (Å²) in [6, 6.07) is 0.330. The molecule has 15 heavy (non-hydrogen) atoms. The van der Waals surface area contributed by atoms with Crippen molar-refractivity contribution in [2.75, 3.05) is 26.2 Å². The Morgan fingerprint density at radius 2 is 2.07 bits per heavy atom. The Bertz CT molecular complexity index is 192. The van der Waals surface area contributed by atoms with Gasteiger partial charge >= 0.3 is 0 Å². The van der Waals surface area contributed by atoms with Crippen molar-refractivity contribution in [3.63, 3.8) is 0 Å². The second-order valence-electron chi connectivity index (χ2n) is 5.58. The lowest BCUT2D eigenvalue weighted by Crippen LogP contribution is -2.49. The van der Waals surface area contributed by atoms with Crippen LogP contribution in [0, 0.1) is 5.92 Å². The summed E-state index contributed by atoms with van der Waals surface area (Å²) in [6.07, 6.45) is 1.09. The summed E-state index contributed by atoms with van der Waals surface area (Å²) < 4.78 is 5.68. The highest BCUT2D eigenvalue weighted by atomic mass is 16.5. The Morgan fingerprint density at radius 3 is 2.60 bits per heavy atom. The first-order valence-electron chi connectivity index (χ1n) is 6.02. The largest absolute Gasteiger partial charge is 0.373 e. The summed E-state index contributed by atoms with van der Waals surface area (Å²) in [5, 5.41) is 0. The van der Waals surface area contributed by atoms with E-state index >= 15 is 0 Å². The SMILES string of the molecule is CC(C)C(N)CCN1CCOC(C)(C)C1. The van der Waals surface area contributed by atoms with Crippen molar-refractivity contribution in [2.24, 2.45) is 11.7 Å². The lowest BCUT2D eigenvalue weighted by Gasteiger charge is -2.38. The Hall–Kier alpha value is -0.120. The third-order valence-electron chi connectivity index (χ3n) is 3.14. The highest BCUT2D eigenvalue weighted by Gasteiger charge is 2.27. The number of hydrogen-bond donors (Lipinski definition) is 1. The lowest BCUT2D eigenvalue weighted by atomic mass is 10.0. The van der Waals surface area contributed by atoms with Crippen LogP contribution >= 0.6 is 0 Å². The average molecular weight is 214 g/mol. The molecule has 1 aliphatic rings. The standard InChI is InChI=1S/C12H26N2O/c1-10(2)11(13)5-6-14-7-8-15-12(3,4)9-14/h10-11H,5-9,13H2,1-4H3. The molecule has 90 valence electrons. The molecule has 0 aromatic heterocycles. The molecule has 2 N–H and O–H groups in total. The minimum atomic E-state index is 0.0141. The van der Waals surface area contributed by atoms with Crippen LogP contribution in [0.1, 0.15) is 34.1 Å². The minimum Gasteiger partial charge on any atom is -0.373 e. The fourth-order valence-electron chi connectivity index (χ4n) is 1.97. The number of nitrogens with zero attached hydrogens (tertiary/aromatic N) is 1. The van der Waals surface area contributed by atoms with E-state index in [0.717, 1.165) is 32.7 Å². The van der Waals surface area contributed by atoms with E-state index in [2.05, 4.69) is 32.6 Å². The van der Waals surface area contributed by atoms with E-state index in [9.17, 15) is 0 Å². The molecular formula is C12H26N2O. The number of rotatable bonds is 4. The quantitative estimate of drug-likeness (QED) is 0.770. The van der Waals surface area contributed by atoms with Gasteiger partial charge in [-0.15, -0.1) is 0 Å². The molecule has 0 radical (unpaired) electrons. The van der Waals surface area contributed by atoms with Gasteiger partial charge in [0.1, 0.15) is 0 Å². The van der Waals surface area contributed by atoms with Crippen LogP contribution in [0.4, 0.5) is 0 Å². The zero-order valence-corrected chi connectivity index (χ0v) is 10.6. The molecule has 0 saturated carbocycles. The zero-order valence-electron chi connectivity index (χ0n) is 10.6. The number of nitrogens with two attached hydrogens (primary N) is 1. The van der Waals surface area contributed by atoms with E-state index in [0.29, 0.717) is 12.0 Å². The minimum absolute atomic E-state index is 0.0141. The van der Waals surface area contributed by atoms with Crippen LogP contribution in [0.3, 0.4) is 0 Å². The van der Waals surface area contributed by atoms with E-state index < -0.39 is 0 Å². The smallest absolute Gasteiger partial charge is 0.0753 e. The molecule has 3 heteroatoms. The van der Waals surface area contributed by atoms with Gasteiger partial charge in [-0.05, 0) is 32.7 Å². The van der Waals surface area contributed by atoms with E-state index in [-0.39, 0.29) is 5.60 Å². The van der Waals surface area contributed by atoms with Crippen LogP contribution in [-0.4, -0.2) is 42.8 Å². The molecule has 3 nitrogen and oxygen atoms in total. The molecular weight excluding hydrogens is 188 g/mol. The highest BCUT2D eigenvalue weighted by Crippen LogP contribution is 2.17. The molecule has 1 aliphatic heterocycles. The third-order valence-corrected chi connectivity index (χ3v) is 3.14. The number of hydrogen-bond acceptors (Lipinski definition) is 3. The van der Waals surface area contributed by atoms with Crippen LogP contribution in [0.25, 0.3) is 0 Å². The van der Waals surface area contributed by atoms with Crippen molar-refractivity contribution >= 4 is 0 Å². The molecule has 1 fully saturated rings. The molecule has 0 aromatic rings. The van der Waals surface area contributed by atoms with Crippen LogP contribution in [0.5, 0.6) is 0 Å². The third kappa shape index (κ3) is 4.49. The van der Waals surface area contributed by atoms with Crippen molar-refractivity contribution in [1.82, 2.24) is 4.90 Å². The number of morpholine rings is 1. The van der Waals surface area contributed by atoms with Gasteiger partial charge in [0.2, 0.25) is 0 Å². The Kier molecular flexibility index (Phi) is 4.56. The monoisotopic (exact) mass is 214 g/mol. The zero-order chi connectivity index (χ0) is 11.5. The van der Waals surface area contributed by atoms with Gasteiger partial charge in [0.05, 0.1) is 12.2 Å². The summed E-state index contributed by atoms with van der Waals surface area (Å²) in [5.74, 6) is 0.582. The topological polar surface area (TPSA) is 38.5 Å². The molecule has 0 amide bonds. The first-order valence-corrected chi connectivity index (χ1v) is 6.02. The van der Waals surface area contributed by atoms with E-state index in [1.165, 1.54) is 0 Å². The Morgan fingerprint density at radius 1 is 1.40 bits per heavy atom. The van der Waals surface area contributed by atoms with Gasteiger partial charge in [-0.3, -0.25) is 4.90 Å². The van der Waals surface area contributed by atoms with E-state index in [1.807, 2.05) is 0 Å². The maximum atomic E-state index is 6.04. The molecule has 0 spiro atoms. The Balaban J connectivity index is 2.27. The maximum absolute atomic E-state index is 6.04. The normalized spacial score (nSPS) is 24.4. The second-order valence-corrected chi connectivity index (χ2v) is 5.58. The van der Waals surface area contributed by atoms with E-state index in [4.69, 9.17) is 10.5 Å². The first-order chi connectivity index (χ1) is 6.91. The van der Waals surface area contributed by atoms with Gasteiger partial charge in [-0.2, -0.15) is 0 Å². The molecule has 1 atom stereocenters. The molecule has 1 heterocycles. The lowest BCUT2D eigenvalue weighted by molar-refractivity contribution is -0.0864. The molecule has 1 saturated heterocycles. The fourth-order valence-corrected chi connectivity index (χ4v) is 1.97. The number of ether oxygens (including phenoxy) is 1. The Labute approximate surface area is 94.0 Å². The predicted octanol–water partition coefficient (Wildman–Crippen LogP) is 1.47. The summed E-state index contributed by atoms with van der Waals surface area (Å²) in [6.45, 7) is 12.7. The molecule has 0 aliphatic carbocycles. The first kappa shape index (κ1) is 12.9. The van der Waals surface area contributed by atoms with Crippen molar-refractivity contribution in [2.45, 2.75) is 45.8 Å². The molecule has 0 aromatic carbocycles. The van der Waals surface area contributed by atoms with Crippen LogP contribution in [-0.2, 0) is 4.74 Å². The molecule has 0 bridgehead atoms. The predicted molar refractivity (Wildman–Crippen MR) is 63.9 cm³/mol. The van der Waals surface area contributed by atoms with E-state index in [1.54, 1.807) is 0 Å². The van der Waals surface area contributed by atoms with Gasteiger partial charge in [0.15, 0.2) is 0 Å². The summed E-state index contributed by atoms with van der Waals surface area (Å²) in [7, 11) is 0. The van der Waals surface area contributed by atoms with Gasteiger partial charge in [0.25, 0.3) is 0 Å². The van der Waals surface area contributed by atoms with Gasteiger partial charge in [0, 0.05) is 19.1 Å². The van der Waals surface area contributed by atoms with Gasteiger partial charge in [-0.25, -0.2) is 0 Å². The van der Waals surface area contributed by atoms with Crippen LogP contribution in [0.2, 0.25) is 0 Å². The van der Waals surface area contributed by atoms with Gasteiger partial charge < -0.3 is 10.5 Å². The molecule has 1 rings (SSSR count). The van der Waals surface area contributed by atoms with Crippen molar-refractivity contribution in [3.05, 3.63) is 0 Å². The second kappa shape index (κ2) is 5.28. The summed E-state index contributed by atoms with van der Waals surface area (Å²) in [4.78, 5) is 2.46. The highest BCUT2D eigenvalue weighted by molar-refractivity contribution is 4.80. The maximum Gasteiger partial charge on any atom is 0.0753 e. The van der Waals surface area contributed by atoms with Crippen LogP contribution in [0.15, 0.2) is 0 Å². The molecule has 1 unspecified atom stereocenters. The van der Waals surface area contributed by atoms with Crippen molar-refractivity contribution in [1.29, 1.82) is 0 Å². The van der Waals surface area contributed by atoms with Gasteiger partial charge in [-0.1, -0.05) is 13.8 Å². The summed E-state index contributed by atoms with van der Waals surface area (Å²) in [5.41, 5.74) is 6.06. The fraction of sp³-hybridized carbons (Fsp3) is 1.00.